The molecule has 2 aliphatic heterocycles. The van der Waals surface area contributed by atoms with Crippen molar-refractivity contribution < 1.29 is 22.7 Å². The van der Waals surface area contributed by atoms with Crippen molar-refractivity contribution in [3.8, 4) is 11.5 Å². The number of piperazine rings is 1. The normalized spacial score (nSPS) is 16.1. The third kappa shape index (κ3) is 4.06. The topological polar surface area (TPSA) is 88.2 Å². The second-order valence-corrected chi connectivity index (χ2v) is 8.63. The molecule has 0 spiro atoms. The molecule has 2 aromatic rings. The molecule has 1 amide bonds. The second kappa shape index (κ2) is 8.27. The summed E-state index contributed by atoms with van der Waals surface area (Å²) in [5.41, 5.74) is 1.25. The monoisotopic (exact) mass is 429 g/mol. The van der Waals surface area contributed by atoms with Crippen LogP contribution in [0.3, 0.4) is 0 Å². The number of rotatable bonds is 5. The van der Waals surface area contributed by atoms with Gasteiger partial charge in [0.25, 0.3) is 10.0 Å². The fourth-order valence-electron chi connectivity index (χ4n) is 3.53. The maximum absolute atomic E-state index is 13.0. The molecule has 0 atom stereocenters. The van der Waals surface area contributed by atoms with Gasteiger partial charge >= 0.3 is 0 Å². The van der Waals surface area contributed by atoms with Gasteiger partial charge in [-0.1, -0.05) is 18.7 Å². The maximum Gasteiger partial charge on any atom is 0.262 e. The van der Waals surface area contributed by atoms with E-state index in [4.69, 9.17) is 9.47 Å². The summed E-state index contributed by atoms with van der Waals surface area (Å²) in [6.07, 6.45) is 1.31. The van der Waals surface area contributed by atoms with Crippen LogP contribution in [0.5, 0.6) is 11.5 Å². The first-order chi connectivity index (χ1) is 14.5. The van der Waals surface area contributed by atoms with E-state index in [1.165, 1.54) is 18.2 Å². The predicted molar refractivity (Wildman–Crippen MR) is 114 cm³/mol. The maximum atomic E-state index is 13.0. The molecule has 1 fully saturated rings. The van der Waals surface area contributed by atoms with E-state index in [0.29, 0.717) is 56.6 Å². The van der Waals surface area contributed by atoms with Crippen molar-refractivity contribution >= 4 is 27.3 Å². The Morgan fingerprint density at radius 1 is 1.00 bits per heavy atom. The van der Waals surface area contributed by atoms with Crippen LogP contribution in [-0.2, 0) is 14.8 Å². The van der Waals surface area contributed by atoms with Crippen LogP contribution in [0, 0.1) is 0 Å². The van der Waals surface area contributed by atoms with Gasteiger partial charge < -0.3 is 19.3 Å². The number of amides is 1. The highest BCUT2D eigenvalue weighted by Gasteiger charge is 2.24. The van der Waals surface area contributed by atoms with E-state index >= 15 is 0 Å². The summed E-state index contributed by atoms with van der Waals surface area (Å²) in [5.74, 6) is 0.857. The summed E-state index contributed by atoms with van der Waals surface area (Å²) in [5, 5.41) is 0. The van der Waals surface area contributed by atoms with Crippen molar-refractivity contribution in [3.05, 3.63) is 55.1 Å². The molecule has 1 N–H and O–H groups in total. The fraction of sp³-hybridized carbons (Fsp3) is 0.286. The number of nitrogens with zero attached hydrogens (tertiary/aromatic N) is 2. The number of sulfonamides is 1. The first kappa shape index (κ1) is 20.1. The number of fused-ring (bicyclic) bond motifs is 1. The van der Waals surface area contributed by atoms with Crippen molar-refractivity contribution in [2.75, 3.05) is 49.0 Å². The van der Waals surface area contributed by atoms with Crippen LogP contribution in [0.2, 0.25) is 0 Å². The number of anilines is 2. The Hall–Kier alpha value is -3.20. The molecule has 8 nitrogen and oxygen atoms in total. The molecule has 1 saturated heterocycles. The van der Waals surface area contributed by atoms with Crippen LogP contribution in [0.15, 0.2) is 60.0 Å². The average molecular weight is 429 g/mol. The minimum Gasteiger partial charge on any atom is -0.486 e. The van der Waals surface area contributed by atoms with Gasteiger partial charge in [0.2, 0.25) is 5.91 Å². The molecule has 0 radical (unpaired) electrons. The lowest BCUT2D eigenvalue weighted by molar-refractivity contribution is -0.126. The number of carbonyl (C=O) groups is 1. The van der Waals surface area contributed by atoms with Crippen LogP contribution < -0.4 is 19.1 Å². The fourth-order valence-corrected chi connectivity index (χ4v) is 4.62. The van der Waals surface area contributed by atoms with Gasteiger partial charge in [0.05, 0.1) is 16.3 Å². The lowest BCUT2D eigenvalue weighted by Gasteiger charge is -2.36. The van der Waals surface area contributed by atoms with Gasteiger partial charge in [-0.25, -0.2) is 8.42 Å². The Bertz CT molecular complexity index is 1060. The lowest BCUT2D eigenvalue weighted by atomic mass is 10.2. The second-order valence-electron chi connectivity index (χ2n) is 6.94. The summed E-state index contributed by atoms with van der Waals surface area (Å²) >= 11 is 0. The Labute approximate surface area is 175 Å². The molecule has 0 bridgehead atoms. The zero-order chi connectivity index (χ0) is 21.1. The van der Waals surface area contributed by atoms with Gasteiger partial charge in [-0.2, -0.15) is 0 Å². The molecular formula is C21H23N3O5S. The SMILES string of the molecule is C=CC(=O)N1CCN(c2ccccc2NS(=O)(=O)c2ccc3c(c2)OCCO3)CC1. The van der Waals surface area contributed by atoms with E-state index in [1.807, 2.05) is 12.1 Å². The summed E-state index contributed by atoms with van der Waals surface area (Å²) in [7, 11) is -3.83. The minimum atomic E-state index is -3.83. The van der Waals surface area contributed by atoms with E-state index in [-0.39, 0.29) is 10.8 Å². The number of hydrogen-bond acceptors (Lipinski definition) is 6. The molecule has 2 aliphatic rings. The van der Waals surface area contributed by atoms with E-state index in [2.05, 4.69) is 16.2 Å². The quantitative estimate of drug-likeness (QED) is 0.733. The molecule has 0 saturated carbocycles. The minimum absolute atomic E-state index is 0.0951. The van der Waals surface area contributed by atoms with Gasteiger partial charge in [-0.3, -0.25) is 9.52 Å². The van der Waals surface area contributed by atoms with E-state index in [9.17, 15) is 13.2 Å². The largest absolute Gasteiger partial charge is 0.486 e. The van der Waals surface area contributed by atoms with Crippen molar-refractivity contribution in [3.63, 3.8) is 0 Å². The summed E-state index contributed by atoms with van der Waals surface area (Å²) < 4.78 is 39.7. The summed E-state index contributed by atoms with van der Waals surface area (Å²) in [6.45, 7) is 6.65. The third-order valence-electron chi connectivity index (χ3n) is 5.08. The number of benzene rings is 2. The molecular weight excluding hydrogens is 406 g/mol. The van der Waals surface area contributed by atoms with Crippen molar-refractivity contribution in [1.82, 2.24) is 4.90 Å². The van der Waals surface area contributed by atoms with Crippen molar-refractivity contribution in [2.24, 2.45) is 0 Å². The standard InChI is InChI=1S/C21H23N3O5S/c1-2-21(25)24-11-9-23(10-12-24)18-6-4-3-5-17(18)22-30(26,27)16-7-8-19-20(15-16)29-14-13-28-19/h2-8,15,22H,1,9-14H2. The molecule has 2 aromatic carbocycles. The molecule has 158 valence electrons. The Morgan fingerprint density at radius 3 is 2.43 bits per heavy atom. The first-order valence-corrected chi connectivity index (χ1v) is 11.1. The number of carbonyl (C=O) groups excluding carboxylic acids is 1. The zero-order valence-corrected chi connectivity index (χ0v) is 17.2. The Morgan fingerprint density at radius 2 is 1.70 bits per heavy atom. The lowest BCUT2D eigenvalue weighted by Crippen LogP contribution is -2.48. The summed E-state index contributed by atoms with van der Waals surface area (Å²) in [6, 6.07) is 11.8. The van der Waals surface area contributed by atoms with Crippen molar-refractivity contribution in [1.29, 1.82) is 0 Å². The number of ether oxygens (including phenoxy) is 2. The van der Waals surface area contributed by atoms with Gasteiger partial charge in [0.15, 0.2) is 11.5 Å². The van der Waals surface area contributed by atoms with Crippen LogP contribution in [-0.4, -0.2) is 58.6 Å². The molecule has 9 heteroatoms. The summed E-state index contributed by atoms with van der Waals surface area (Å²) in [4.78, 5) is 15.7. The van der Waals surface area contributed by atoms with Crippen molar-refractivity contribution in [2.45, 2.75) is 4.90 Å². The number of para-hydroxylation sites is 2. The van der Waals surface area contributed by atoms with Gasteiger partial charge in [0, 0.05) is 32.2 Å². The van der Waals surface area contributed by atoms with Crippen LogP contribution >= 0.6 is 0 Å². The van der Waals surface area contributed by atoms with Crippen LogP contribution in [0.1, 0.15) is 0 Å². The highest BCUT2D eigenvalue weighted by atomic mass is 32.2. The third-order valence-corrected chi connectivity index (χ3v) is 6.44. The van der Waals surface area contributed by atoms with E-state index < -0.39 is 10.0 Å². The molecule has 30 heavy (non-hydrogen) atoms. The van der Waals surface area contributed by atoms with Gasteiger partial charge in [-0.05, 0) is 30.3 Å². The van der Waals surface area contributed by atoms with E-state index in [0.717, 1.165) is 5.69 Å². The van der Waals surface area contributed by atoms with E-state index in [1.54, 1.807) is 23.1 Å². The smallest absolute Gasteiger partial charge is 0.262 e. The molecule has 0 unspecified atom stereocenters. The van der Waals surface area contributed by atoms with Gasteiger partial charge in [-0.15, -0.1) is 0 Å². The molecule has 0 aromatic heterocycles. The highest BCUT2D eigenvalue weighted by molar-refractivity contribution is 7.92. The van der Waals surface area contributed by atoms with Crippen LogP contribution in [0.4, 0.5) is 11.4 Å². The Balaban J connectivity index is 1.54. The molecule has 4 rings (SSSR count). The molecule has 2 heterocycles. The van der Waals surface area contributed by atoms with Gasteiger partial charge in [0.1, 0.15) is 13.2 Å². The average Bonchev–Trinajstić information content (AvgIpc) is 2.78. The zero-order valence-electron chi connectivity index (χ0n) is 16.4. The number of nitrogens with one attached hydrogen (secondary N) is 1. The Kier molecular flexibility index (Phi) is 5.54. The predicted octanol–water partition coefficient (Wildman–Crippen LogP) is 2.09. The molecule has 0 aliphatic carbocycles. The first-order valence-electron chi connectivity index (χ1n) is 9.66. The van der Waals surface area contributed by atoms with Crippen LogP contribution in [0.25, 0.3) is 0 Å². The number of hydrogen-bond donors (Lipinski definition) is 1. The highest BCUT2D eigenvalue weighted by Crippen LogP contribution is 2.34.